The van der Waals surface area contributed by atoms with Gasteiger partial charge in [-0.25, -0.2) is 0 Å². The zero-order chi connectivity index (χ0) is 14.8. The lowest BCUT2D eigenvalue weighted by Crippen LogP contribution is -2.10. The number of halogens is 1. The van der Waals surface area contributed by atoms with Crippen LogP contribution in [0.5, 0.6) is 0 Å². The number of furan rings is 1. The van der Waals surface area contributed by atoms with Gasteiger partial charge in [-0.05, 0) is 24.3 Å². The smallest absolute Gasteiger partial charge is 0.179 e. The Labute approximate surface area is 132 Å². The number of Topliss-reactive ketones (excluding diaryl/α,β-unsaturated/α-hetero) is 1. The molecule has 0 aliphatic heterocycles. The van der Waals surface area contributed by atoms with Crippen LogP contribution in [0.1, 0.15) is 10.4 Å². The molecule has 0 bridgehead atoms. The van der Waals surface area contributed by atoms with E-state index in [1.165, 1.54) is 6.26 Å². The summed E-state index contributed by atoms with van der Waals surface area (Å²) in [5, 5.41) is 0.758. The summed E-state index contributed by atoms with van der Waals surface area (Å²) in [6.45, 7) is 0. The summed E-state index contributed by atoms with van der Waals surface area (Å²) in [5.41, 5.74) is 1.14. The summed E-state index contributed by atoms with van der Waals surface area (Å²) in [4.78, 5) is 13.0. The minimum absolute atomic E-state index is 0.0556. The Kier molecular flexibility index (Phi) is 4.03. The van der Waals surface area contributed by atoms with Crippen LogP contribution >= 0.6 is 15.9 Å². The number of fused-ring (bicyclic) bond motifs is 1. The first-order valence-corrected chi connectivity index (χ1v) is 8.40. The Morgan fingerprint density at radius 1 is 1.14 bits per heavy atom. The summed E-state index contributed by atoms with van der Waals surface area (Å²) in [7, 11) is -1.37. The summed E-state index contributed by atoms with van der Waals surface area (Å²) in [6.07, 6.45) is 1.44. The van der Waals surface area contributed by atoms with Gasteiger partial charge in [0.2, 0.25) is 0 Å². The number of ketones is 1. The maximum Gasteiger partial charge on any atom is 0.179 e. The number of benzene rings is 2. The lowest BCUT2D eigenvalue weighted by atomic mass is 10.1. The number of carbonyl (C=O) groups is 1. The van der Waals surface area contributed by atoms with Crippen LogP contribution in [0.2, 0.25) is 0 Å². The van der Waals surface area contributed by atoms with Gasteiger partial charge in [-0.1, -0.05) is 40.2 Å². The van der Waals surface area contributed by atoms with E-state index in [-0.39, 0.29) is 11.5 Å². The quantitative estimate of drug-likeness (QED) is 0.653. The van der Waals surface area contributed by atoms with Gasteiger partial charge in [0, 0.05) is 14.8 Å². The summed E-state index contributed by atoms with van der Waals surface area (Å²) < 4.78 is 18.5. The van der Waals surface area contributed by atoms with Crippen LogP contribution in [0, 0.1) is 0 Å². The molecule has 1 heterocycles. The van der Waals surface area contributed by atoms with Crippen molar-refractivity contribution in [2.24, 2.45) is 0 Å². The van der Waals surface area contributed by atoms with Crippen molar-refractivity contribution < 1.29 is 13.4 Å². The molecule has 0 aliphatic carbocycles. The van der Waals surface area contributed by atoms with Crippen LogP contribution in [0.4, 0.5) is 0 Å². The second-order valence-electron chi connectivity index (χ2n) is 4.52. The van der Waals surface area contributed by atoms with Crippen LogP contribution < -0.4 is 0 Å². The van der Waals surface area contributed by atoms with E-state index in [1.807, 2.05) is 24.3 Å². The summed E-state index contributed by atoms with van der Waals surface area (Å²) in [5.74, 6) is -0.238. The highest BCUT2D eigenvalue weighted by atomic mass is 79.9. The Bertz CT molecular complexity index is 838. The van der Waals surface area contributed by atoms with Gasteiger partial charge in [-0.2, -0.15) is 0 Å². The van der Waals surface area contributed by atoms with E-state index in [4.69, 9.17) is 4.42 Å². The highest BCUT2D eigenvalue weighted by Gasteiger charge is 2.17. The largest absolute Gasteiger partial charge is 0.464 e. The molecule has 21 heavy (non-hydrogen) atoms. The van der Waals surface area contributed by atoms with E-state index in [1.54, 1.807) is 24.3 Å². The second-order valence-corrected chi connectivity index (χ2v) is 6.88. The molecule has 3 aromatic rings. The lowest BCUT2D eigenvalue weighted by molar-refractivity contribution is 0.102. The van der Waals surface area contributed by atoms with Gasteiger partial charge in [0.05, 0.1) is 22.1 Å². The van der Waals surface area contributed by atoms with E-state index in [2.05, 4.69) is 15.9 Å². The summed E-state index contributed by atoms with van der Waals surface area (Å²) in [6, 6.07) is 14.5. The SMILES string of the molecule is O=C(CS(=O)c1cccc(Br)c1)c1coc2ccccc12. The lowest BCUT2D eigenvalue weighted by Gasteiger charge is -2.02. The Balaban J connectivity index is 1.85. The van der Waals surface area contributed by atoms with Gasteiger partial charge >= 0.3 is 0 Å². The summed E-state index contributed by atoms with van der Waals surface area (Å²) >= 11 is 3.33. The number of para-hydroxylation sites is 1. The molecule has 5 heteroatoms. The molecule has 0 saturated carbocycles. The van der Waals surface area contributed by atoms with Crippen molar-refractivity contribution in [3.8, 4) is 0 Å². The van der Waals surface area contributed by atoms with Crippen molar-refractivity contribution in [3.63, 3.8) is 0 Å². The molecule has 1 aromatic heterocycles. The number of hydrogen-bond acceptors (Lipinski definition) is 3. The van der Waals surface area contributed by atoms with Crippen LogP contribution in [0.25, 0.3) is 11.0 Å². The van der Waals surface area contributed by atoms with Gasteiger partial charge in [0.25, 0.3) is 0 Å². The number of rotatable bonds is 4. The molecule has 0 spiro atoms. The Morgan fingerprint density at radius 2 is 1.95 bits per heavy atom. The fourth-order valence-electron chi connectivity index (χ4n) is 2.08. The standard InChI is InChI=1S/C16H11BrO3S/c17-11-4-3-5-12(8-11)21(19)10-15(18)14-9-20-16-7-2-1-6-13(14)16/h1-9H,10H2. The van der Waals surface area contributed by atoms with Crippen molar-refractivity contribution in [1.82, 2.24) is 0 Å². The fourth-order valence-corrected chi connectivity index (χ4v) is 3.68. The third-order valence-electron chi connectivity index (χ3n) is 3.10. The van der Waals surface area contributed by atoms with Crippen molar-refractivity contribution in [2.45, 2.75) is 4.90 Å². The predicted molar refractivity (Wildman–Crippen MR) is 86.0 cm³/mol. The van der Waals surface area contributed by atoms with E-state index >= 15 is 0 Å². The third kappa shape index (κ3) is 2.99. The molecule has 0 saturated heterocycles. The average molecular weight is 363 g/mol. The van der Waals surface area contributed by atoms with Gasteiger partial charge in [0.15, 0.2) is 5.78 Å². The molecule has 1 atom stereocenters. The normalized spacial score (nSPS) is 12.4. The maximum atomic E-state index is 12.3. The molecule has 0 N–H and O–H groups in total. The zero-order valence-electron chi connectivity index (χ0n) is 10.9. The molecule has 0 fully saturated rings. The van der Waals surface area contributed by atoms with Crippen molar-refractivity contribution in [2.75, 3.05) is 5.75 Å². The highest BCUT2D eigenvalue weighted by Crippen LogP contribution is 2.22. The van der Waals surface area contributed by atoms with Crippen molar-refractivity contribution in [1.29, 1.82) is 0 Å². The average Bonchev–Trinajstić information content (AvgIpc) is 2.91. The molecule has 3 nitrogen and oxygen atoms in total. The van der Waals surface area contributed by atoms with Crippen LogP contribution in [0.3, 0.4) is 0 Å². The molecule has 106 valence electrons. The van der Waals surface area contributed by atoms with Crippen LogP contribution in [-0.4, -0.2) is 15.7 Å². The van der Waals surface area contributed by atoms with E-state index < -0.39 is 10.8 Å². The molecule has 3 rings (SSSR count). The second kappa shape index (κ2) is 5.95. The maximum absolute atomic E-state index is 12.3. The van der Waals surface area contributed by atoms with Gasteiger partial charge in [-0.15, -0.1) is 0 Å². The fraction of sp³-hybridized carbons (Fsp3) is 0.0625. The molecule has 1 unspecified atom stereocenters. The molecule has 0 radical (unpaired) electrons. The minimum Gasteiger partial charge on any atom is -0.464 e. The molecule has 0 amide bonds. The topological polar surface area (TPSA) is 47.3 Å². The first kappa shape index (κ1) is 14.2. The number of carbonyl (C=O) groups excluding carboxylic acids is 1. The number of hydrogen-bond donors (Lipinski definition) is 0. The molecular formula is C16H11BrO3S. The van der Waals surface area contributed by atoms with Gasteiger partial charge < -0.3 is 4.42 Å². The van der Waals surface area contributed by atoms with Crippen LogP contribution in [-0.2, 0) is 10.8 Å². The highest BCUT2D eigenvalue weighted by molar-refractivity contribution is 9.10. The van der Waals surface area contributed by atoms with Gasteiger partial charge in [0.1, 0.15) is 11.8 Å². The van der Waals surface area contributed by atoms with Crippen molar-refractivity contribution in [3.05, 3.63) is 64.8 Å². The minimum atomic E-state index is -1.37. The first-order chi connectivity index (χ1) is 10.1. The Morgan fingerprint density at radius 3 is 2.76 bits per heavy atom. The van der Waals surface area contributed by atoms with E-state index in [9.17, 15) is 9.00 Å². The first-order valence-electron chi connectivity index (χ1n) is 6.28. The molecule has 2 aromatic carbocycles. The Hall–Kier alpha value is -1.72. The van der Waals surface area contributed by atoms with Gasteiger partial charge in [-0.3, -0.25) is 9.00 Å². The molecule has 0 aliphatic rings. The van der Waals surface area contributed by atoms with Crippen LogP contribution in [0.15, 0.2) is 68.6 Å². The van der Waals surface area contributed by atoms with E-state index in [0.29, 0.717) is 16.0 Å². The zero-order valence-corrected chi connectivity index (χ0v) is 13.3. The third-order valence-corrected chi connectivity index (χ3v) is 4.90. The molecular weight excluding hydrogens is 352 g/mol. The monoisotopic (exact) mass is 362 g/mol. The van der Waals surface area contributed by atoms with Crippen molar-refractivity contribution >= 4 is 43.5 Å². The predicted octanol–water partition coefficient (Wildman–Crippen LogP) is 4.19. The van der Waals surface area contributed by atoms with E-state index in [0.717, 1.165) is 9.86 Å².